The molecule has 0 spiro atoms. The standard InChI is InChI=1S/C25H23N3O6S/c1-33-22(30)14-21-27(20(29)16-35-21)12-7-13-34-25(32)23-18-10-5-6-11-19(18)24(31)28(26-23)15-17-8-3-2-4-9-17/h2-6,8-11,14H,7,12-13,15-16H2,1H3/b21-14+. The number of amides is 1. The number of hydrogen-bond donors (Lipinski definition) is 0. The summed E-state index contributed by atoms with van der Waals surface area (Å²) in [7, 11) is 1.27. The molecular formula is C25H23N3O6S. The van der Waals surface area contributed by atoms with Crippen molar-refractivity contribution in [1.82, 2.24) is 14.7 Å². The van der Waals surface area contributed by atoms with Gasteiger partial charge in [0.25, 0.3) is 5.56 Å². The number of thioether (sulfide) groups is 1. The molecule has 1 aliphatic rings. The van der Waals surface area contributed by atoms with E-state index in [1.165, 1.54) is 34.5 Å². The van der Waals surface area contributed by atoms with Crippen LogP contribution in [0.25, 0.3) is 10.8 Å². The molecule has 10 heteroatoms. The van der Waals surface area contributed by atoms with Gasteiger partial charge in [0.1, 0.15) is 0 Å². The highest BCUT2D eigenvalue weighted by molar-refractivity contribution is 8.04. The number of methoxy groups -OCH3 is 1. The Morgan fingerprint density at radius 1 is 1.06 bits per heavy atom. The molecule has 1 saturated heterocycles. The van der Waals surface area contributed by atoms with Gasteiger partial charge in [0.2, 0.25) is 5.91 Å². The molecule has 2 heterocycles. The molecule has 0 atom stereocenters. The van der Waals surface area contributed by atoms with Gasteiger partial charge < -0.3 is 14.4 Å². The van der Waals surface area contributed by atoms with Crippen molar-refractivity contribution >= 4 is 40.4 Å². The van der Waals surface area contributed by atoms with Gasteiger partial charge in [0.15, 0.2) is 5.69 Å². The van der Waals surface area contributed by atoms with Crippen molar-refractivity contribution in [2.24, 2.45) is 0 Å². The van der Waals surface area contributed by atoms with Crippen LogP contribution in [0.1, 0.15) is 22.5 Å². The number of fused-ring (bicyclic) bond motifs is 1. The van der Waals surface area contributed by atoms with Crippen LogP contribution >= 0.6 is 11.8 Å². The van der Waals surface area contributed by atoms with Crippen LogP contribution in [-0.2, 0) is 25.6 Å². The number of esters is 2. The average Bonchev–Trinajstić information content (AvgIpc) is 3.22. The topological polar surface area (TPSA) is 108 Å². The van der Waals surface area contributed by atoms with Gasteiger partial charge in [0, 0.05) is 11.9 Å². The Kier molecular flexibility index (Phi) is 7.61. The fourth-order valence-corrected chi connectivity index (χ4v) is 4.59. The van der Waals surface area contributed by atoms with Gasteiger partial charge in [0.05, 0.1) is 42.5 Å². The van der Waals surface area contributed by atoms with Crippen LogP contribution in [0.5, 0.6) is 0 Å². The van der Waals surface area contributed by atoms with Crippen LogP contribution in [-0.4, -0.2) is 58.5 Å². The van der Waals surface area contributed by atoms with E-state index in [0.29, 0.717) is 22.2 Å². The Balaban J connectivity index is 1.47. The summed E-state index contributed by atoms with van der Waals surface area (Å²) in [6.07, 6.45) is 1.63. The minimum absolute atomic E-state index is 0.0343. The fraction of sp³-hybridized carbons (Fsp3) is 0.240. The lowest BCUT2D eigenvalue weighted by Gasteiger charge is -2.16. The Morgan fingerprint density at radius 2 is 1.77 bits per heavy atom. The highest BCUT2D eigenvalue weighted by atomic mass is 32.2. The quantitative estimate of drug-likeness (QED) is 0.268. The van der Waals surface area contributed by atoms with Crippen LogP contribution in [0.3, 0.4) is 0 Å². The number of ether oxygens (including phenoxy) is 2. The third-order valence-corrected chi connectivity index (χ3v) is 6.37. The van der Waals surface area contributed by atoms with E-state index >= 15 is 0 Å². The highest BCUT2D eigenvalue weighted by Gasteiger charge is 2.27. The zero-order valence-electron chi connectivity index (χ0n) is 19.0. The monoisotopic (exact) mass is 493 g/mol. The van der Waals surface area contributed by atoms with Gasteiger partial charge in [-0.25, -0.2) is 14.3 Å². The maximum atomic E-state index is 12.9. The molecule has 3 aromatic rings. The van der Waals surface area contributed by atoms with Crippen LogP contribution in [0.15, 0.2) is 70.5 Å². The summed E-state index contributed by atoms with van der Waals surface area (Å²) in [4.78, 5) is 51.0. The molecule has 180 valence electrons. The van der Waals surface area contributed by atoms with E-state index in [1.54, 1.807) is 24.3 Å². The second-order valence-corrected chi connectivity index (χ2v) is 8.67. The van der Waals surface area contributed by atoms with Crippen molar-refractivity contribution in [2.75, 3.05) is 26.0 Å². The van der Waals surface area contributed by atoms with Gasteiger partial charge in [-0.2, -0.15) is 5.10 Å². The predicted octanol–water partition coefficient (Wildman–Crippen LogP) is 2.58. The summed E-state index contributed by atoms with van der Waals surface area (Å²) >= 11 is 1.26. The largest absolute Gasteiger partial charge is 0.466 e. The highest BCUT2D eigenvalue weighted by Crippen LogP contribution is 2.28. The molecule has 0 saturated carbocycles. The van der Waals surface area contributed by atoms with Crippen LogP contribution in [0.2, 0.25) is 0 Å². The van der Waals surface area contributed by atoms with Gasteiger partial charge in [-0.3, -0.25) is 9.59 Å². The van der Waals surface area contributed by atoms with E-state index in [9.17, 15) is 19.2 Å². The SMILES string of the molecule is COC(=O)/C=C1/SCC(=O)N1CCCOC(=O)c1nn(Cc2ccccc2)c(=O)c2ccccc12. The van der Waals surface area contributed by atoms with Crippen molar-refractivity contribution in [3.05, 3.63) is 87.3 Å². The second-order valence-electron chi connectivity index (χ2n) is 7.67. The number of benzene rings is 2. The maximum absolute atomic E-state index is 12.9. The molecule has 9 nitrogen and oxygen atoms in total. The van der Waals surface area contributed by atoms with Gasteiger partial charge in [-0.15, -0.1) is 0 Å². The summed E-state index contributed by atoms with van der Waals surface area (Å²) in [6.45, 7) is 0.533. The molecule has 1 amide bonds. The number of hydrogen-bond acceptors (Lipinski definition) is 8. The molecular weight excluding hydrogens is 470 g/mol. The maximum Gasteiger partial charge on any atom is 0.359 e. The third kappa shape index (κ3) is 5.60. The van der Waals surface area contributed by atoms with E-state index in [4.69, 9.17) is 4.74 Å². The molecule has 0 unspecified atom stereocenters. The van der Waals surface area contributed by atoms with E-state index in [0.717, 1.165) is 5.56 Å². The number of aromatic nitrogens is 2. The smallest absolute Gasteiger partial charge is 0.359 e. The van der Waals surface area contributed by atoms with Crippen LogP contribution in [0, 0.1) is 0 Å². The number of rotatable bonds is 8. The van der Waals surface area contributed by atoms with Crippen LogP contribution < -0.4 is 5.56 Å². The van der Waals surface area contributed by atoms with Crippen molar-refractivity contribution in [2.45, 2.75) is 13.0 Å². The first-order valence-corrected chi connectivity index (χ1v) is 11.9. The second kappa shape index (κ2) is 11.0. The van der Waals surface area contributed by atoms with Crippen molar-refractivity contribution < 1.29 is 23.9 Å². The van der Waals surface area contributed by atoms with E-state index < -0.39 is 11.9 Å². The molecule has 35 heavy (non-hydrogen) atoms. The van der Waals surface area contributed by atoms with E-state index in [2.05, 4.69) is 9.84 Å². The van der Waals surface area contributed by atoms with Crippen molar-refractivity contribution in [1.29, 1.82) is 0 Å². The van der Waals surface area contributed by atoms with E-state index in [1.807, 2.05) is 30.3 Å². The number of nitrogens with zero attached hydrogens (tertiary/aromatic N) is 3. The normalized spacial score (nSPS) is 14.5. The zero-order valence-corrected chi connectivity index (χ0v) is 19.8. The third-order valence-electron chi connectivity index (χ3n) is 5.35. The lowest BCUT2D eigenvalue weighted by molar-refractivity contribution is -0.134. The Labute approximate surface area is 205 Å². The molecule has 2 aromatic carbocycles. The summed E-state index contributed by atoms with van der Waals surface area (Å²) < 4.78 is 11.3. The van der Waals surface area contributed by atoms with Crippen molar-refractivity contribution in [3.63, 3.8) is 0 Å². The zero-order chi connectivity index (χ0) is 24.8. The minimum Gasteiger partial charge on any atom is -0.466 e. The first-order valence-electron chi connectivity index (χ1n) is 10.9. The predicted molar refractivity (Wildman–Crippen MR) is 131 cm³/mol. The van der Waals surface area contributed by atoms with Gasteiger partial charge in [-0.05, 0) is 18.1 Å². The number of carbonyl (C=O) groups excluding carboxylic acids is 3. The lowest BCUT2D eigenvalue weighted by Crippen LogP contribution is -2.28. The fourth-order valence-electron chi connectivity index (χ4n) is 3.63. The number of carbonyl (C=O) groups is 3. The molecule has 1 fully saturated rings. The molecule has 4 rings (SSSR count). The summed E-state index contributed by atoms with van der Waals surface area (Å²) in [5.74, 6) is -1.09. The molecule has 0 N–H and O–H groups in total. The Bertz CT molecular complexity index is 1350. The van der Waals surface area contributed by atoms with E-state index in [-0.39, 0.29) is 42.6 Å². The Hall–Kier alpha value is -3.92. The summed E-state index contributed by atoms with van der Waals surface area (Å²) in [6, 6.07) is 16.2. The molecule has 0 bridgehead atoms. The van der Waals surface area contributed by atoms with Crippen LogP contribution in [0.4, 0.5) is 0 Å². The van der Waals surface area contributed by atoms with Crippen molar-refractivity contribution in [3.8, 4) is 0 Å². The lowest BCUT2D eigenvalue weighted by atomic mass is 10.1. The van der Waals surface area contributed by atoms with Gasteiger partial charge in [-0.1, -0.05) is 60.3 Å². The first-order chi connectivity index (χ1) is 17.0. The molecule has 1 aromatic heterocycles. The Morgan fingerprint density at radius 3 is 2.51 bits per heavy atom. The minimum atomic E-state index is -0.657. The molecule has 1 aliphatic heterocycles. The molecule has 0 aliphatic carbocycles. The summed E-state index contributed by atoms with van der Waals surface area (Å²) in [5, 5.41) is 5.62. The average molecular weight is 494 g/mol. The van der Waals surface area contributed by atoms with Gasteiger partial charge >= 0.3 is 11.9 Å². The summed E-state index contributed by atoms with van der Waals surface area (Å²) in [5.41, 5.74) is 0.631. The first kappa shape index (κ1) is 24.2. The molecule has 0 radical (unpaired) electrons.